The molecular formula is C24H23NO4. The van der Waals surface area contributed by atoms with Crippen molar-refractivity contribution >= 4 is 21.9 Å². The highest BCUT2D eigenvalue weighted by Crippen LogP contribution is 2.34. The van der Waals surface area contributed by atoms with E-state index in [4.69, 9.17) is 13.9 Å². The van der Waals surface area contributed by atoms with Gasteiger partial charge in [-0.15, -0.1) is 0 Å². The van der Waals surface area contributed by atoms with Crippen molar-refractivity contribution in [3.05, 3.63) is 83.4 Å². The average Bonchev–Trinajstić information content (AvgIpc) is 2.73. The Morgan fingerprint density at radius 1 is 1.10 bits per heavy atom. The lowest BCUT2D eigenvalue weighted by atomic mass is 10.2. The monoisotopic (exact) mass is 389 g/mol. The van der Waals surface area contributed by atoms with Gasteiger partial charge in [-0.1, -0.05) is 38.6 Å². The zero-order valence-corrected chi connectivity index (χ0v) is 16.8. The second-order valence-corrected chi connectivity index (χ2v) is 6.04. The summed E-state index contributed by atoms with van der Waals surface area (Å²) < 4.78 is 17.5. The van der Waals surface area contributed by atoms with Gasteiger partial charge in [-0.25, -0.2) is 0 Å². The predicted molar refractivity (Wildman–Crippen MR) is 116 cm³/mol. The molecule has 0 saturated heterocycles. The molecule has 0 fully saturated rings. The molecular weight excluding hydrogens is 366 g/mol. The molecule has 0 unspecified atom stereocenters. The number of para-hydroxylation sites is 1. The molecule has 0 aliphatic carbocycles. The second-order valence-electron chi connectivity index (χ2n) is 6.04. The lowest BCUT2D eigenvalue weighted by molar-refractivity contribution is 0.364. The molecule has 0 bridgehead atoms. The zero-order chi connectivity index (χ0) is 20.8. The summed E-state index contributed by atoms with van der Waals surface area (Å²) in [5.41, 5.74) is 1.09. The van der Waals surface area contributed by atoms with Gasteiger partial charge in [0.2, 0.25) is 0 Å². The lowest BCUT2D eigenvalue weighted by Gasteiger charge is -2.12. The Kier molecular flexibility index (Phi) is 6.29. The Labute approximate surface area is 169 Å². The van der Waals surface area contributed by atoms with Crippen LogP contribution in [0.15, 0.2) is 76.6 Å². The van der Waals surface area contributed by atoms with Crippen LogP contribution in [0.25, 0.3) is 21.9 Å². The molecule has 0 saturated carbocycles. The van der Waals surface area contributed by atoms with Gasteiger partial charge in [0.25, 0.3) is 0 Å². The normalized spacial score (nSPS) is 10.3. The molecule has 148 valence electrons. The minimum absolute atomic E-state index is 0.159. The second kappa shape index (κ2) is 9.06. The third-order valence-corrected chi connectivity index (χ3v) is 4.08. The summed E-state index contributed by atoms with van der Waals surface area (Å²) in [6, 6.07) is 14.3. The molecule has 0 radical (unpaired) electrons. The van der Waals surface area contributed by atoms with Crippen molar-refractivity contribution in [3.8, 4) is 17.2 Å². The molecule has 0 aliphatic rings. The highest BCUT2D eigenvalue weighted by atomic mass is 16.5. The molecule has 0 N–H and O–H groups in total. The van der Waals surface area contributed by atoms with Crippen LogP contribution in [0.2, 0.25) is 0 Å². The van der Waals surface area contributed by atoms with E-state index in [1.807, 2.05) is 38.1 Å². The van der Waals surface area contributed by atoms with Crippen molar-refractivity contribution in [1.29, 1.82) is 0 Å². The van der Waals surface area contributed by atoms with E-state index >= 15 is 0 Å². The fourth-order valence-electron chi connectivity index (χ4n) is 2.96. The van der Waals surface area contributed by atoms with E-state index in [-0.39, 0.29) is 12.0 Å². The lowest BCUT2D eigenvalue weighted by Crippen LogP contribution is -2.05. The van der Waals surface area contributed by atoms with Crippen molar-refractivity contribution in [3.63, 3.8) is 0 Å². The summed E-state index contributed by atoms with van der Waals surface area (Å²) >= 11 is 0. The number of fused-ring (bicyclic) bond motifs is 2. The van der Waals surface area contributed by atoms with Crippen molar-refractivity contribution < 1.29 is 13.9 Å². The molecule has 2 heterocycles. The first kappa shape index (κ1) is 20.1. The van der Waals surface area contributed by atoms with Gasteiger partial charge in [0.05, 0.1) is 5.52 Å². The summed E-state index contributed by atoms with van der Waals surface area (Å²) in [4.78, 5) is 16.8. The number of aryl methyl sites for hydroxylation is 1. The Bertz CT molecular complexity index is 1210. The number of rotatable bonds is 5. The first-order valence-electron chi connectivity index (χ1n) is 9.49. The van der Waals surface area contributed by atoms with Gasteiger partial charge in [-0.2, -0.15) is 0 Å². The number of pyridine rings is 1. The highest BCUT2D eigenvalue weighted by molar-refractivity contribution is 5.87. The summed E-state index contributed by atoms with van der Waals surface area (Å²) in [6.07, 6.45) is 3.31. The smallest absolute Gasteiger partial charge is 0.196 e. The number of benzene rings is 2. The predicted octanol–water partition coefficient (Wildman–Crippen LogP) is 6.03. The van der Waals surface area contributed by atoms with Crippen LogP contribution in [0.1, 0.15) is 19.6 Å². The Morgan fingerprint density at radius 3 is 2.69 bits per heavy atom. The van der Waals surface area contributed by atoms with Crippen molar-refractivity contribution in [2.75, 3.05) is 6.61 Å². The van der Waals surface area contributed by atoms with Gasteiger partial charge in [-0.05, 0) is 25.1 Å². The maximum Gasteiger partial charge on any atom is 0.196 e. The minimum Gasteiger partial charge on any atom is -0.488 e. The molecule has 0 aliphatic heterocycles. The van der Waals surface area contributed by atoms with Crippen LogP contribution in [0.4, 0.5) is 0 Å². The molecule has 4 rings (SSSR count). The topological polar surface area (TPSA) is 61.6 Å². The van der Waals surface area contributed by atoms with Gasteiger partial charge >= 0.3 is 0 Å². The van der Waals surface area contributed by atoms with Crippen LogP contribution >= 0.6 is 0 Å². The van der Waals surface area contributed by atoms with E-state index in [9.17, 15) is 4.79 Å². The third-order valence-electron chi connectivity index (χ3n) is 4.08. The van der Waals surface area contributed by atoms with Crippen molar-refractivity contribution in [2.24, 2.45) is 0 Å². The van der Waals surface area contributed by atoms with Gasteiger partial charge in [-0.3, -0.25) is 9.78 Å². The molecule has 0 amide bonds. The molecule has 4 aromatic rings. The quantitative estimate of drug-likeness (QED) is 0.390. The summed E-state index contributed by atoms with van der Waals surface area (Å²) in [5, 5.41) is 1.27. The maximum absolute atomic E-state index is 12.4. The van der Waals surface area contributed by atoms with Crippen LogP contribution in [-0.4, -0.2) is 11.6 Å². The summed E-state index contributed by atoms with van der Waals surface area (Å²) in [6.45, 7) is 9.65. The fraction of sp³-hybridized carbons (Fsp3) is 0.167. The highest BCUT2D eigenvalue weighted by Gasteiger charge is 2.14. The van der Waals surface area contributed by atoms with Crippen LogP contribution < -0.4 is 14.9 Å². The van der Waals surface area contributed by atoms with Crippen LogP contribution in [-0.2, 0) is 0 Å². The minimum atomic E-state index is -0.159. The van der Waals surface area contributed by atoms with E-state index in [1.165, 1.54) is 6.07 Å². The molecule has 5 heteroatoms. The van der Waals surface area contributed by atoms with Crippen LogP contribution in [0, 0.1) is 6.92 Å². The van der Waals surface area contributed by atoms with Crippen LogP contribution in [0.3, 0.4) is 0 Å². The number of aromatic nitrogens is 1. The standard InChI is InChI=1S/C22H17NO4.C2H6/c1-3-10-25-20-12-15(13-21-22(20)18(24)11-14(2)26-21)27-19-8-9-23-17-7-5-4-6-16(17)19;1-2/h3-9,11-13H,1,10H2,2H3;1-2H3. The first-order chi connectivity index (χ1) is 14.2. The average molecular weight is 389 g/mol. The molecule has 29 heavy (non-hydrogen) atoms. The largest absolute Gasteiger partial charge is 0.488 e. The van der Waals surface area contributed by atoms with Gasteiger partial charge in [0, 0.05) is 29.8 Å². The van der Waals surface area contributed by atoms with E-state index in [1.54, 1.807) is 37.4 Å². The van der Waals surface area contributed by atoms with E-state index in [0.29, 0.717) is 34.0 Å². The fourth-order valence-corrected chi connectivity index (χ4v) is 2.96. The summed E-state index contributed by atoms with van der Waals surface area (Å²) in [7, 11) is 0. The Morgan fingerprint density at radius 2 is 1.90 bits per heavy atom. The van der Waals surface area contributed by atoms with Gasteiger partial charge in [0.1, 0.15) is 40.6 Å². The van der Waals surface area contributed by atoms with E-state index < -0.39 is 0 Å². The maximum atomic E-state index is 12.4. The number of ether oxygens (including phenoxy) is 2. The molecule has 2 aromatic carbocycles. The number of hydrogen-bond donors (Lipinski definition) is 0. The zero-order valence-electron chi connectivity index (χ0n) is 16.8. The van der Waals surface area contributed by atoms with Gasteiger partial charge in [0.15, 0.2) is 5.43 Å². The number of nitrogens with zero attached hydrogens (tertiary/aromatic N) is 1. The number of hydrogen-bond acceptors (Lipinski definition) is 5. The summed E-state index contributed by atoms with van der Waals surface area (Å²) in [5.74, 6) is 2.08. The SMILES string of the molecule is C=CCOc1cc(Oc2ccnc3ccccc23)cc2oc(C)cc(=O)c12.CC. The molecule has 0 spiro atoms. The van der Waals surface area contributed by atoms with E-state index in [2.05, 4.69) is 11.6 Å². The molecule has 2 aromatic heterocycles. The molecule has 5 nitrogen and oxygen atoms in total. The third kappa shape index (κ3) is 4.29. The van der Waals surface area contributed by atoms with E-state index in [0.717, 1.165) is 10.9 Å². The first-order valence-corrected chi connectivity index (χ1v) is 9.49. The van der Waals surface area contributed by atoms with Crippen molar-refractivity contribution in [2.45, 2.75) is 20.8 Å². The van der Waals surface area contributed by atoms with Gasteiger partial charge < -0.3 is 13.9 Å². The Hall–Kier alpha value is -3.60. The van der Waals surface area contributed by atoms with Crippen LogP contribution in [0.5, 0.6) is 17.2 Å². The van der Waals surface area contributed by atoms with Crippen molar-refractivity contribution in [1.82, 2.24) is 4.98 Å². The Balaban J connectivity index is 0.00000117. The molecule has 0 atom stereocenters.